The van der Waals surface area contributed by atoms with Crippen LogP contribution >= 0.6 is 0 Å². The third kappa shape index (κ3) is 5.68. The molecule has 3 rings (SSSR count). The lowest BCUT2D eigenvalue weighted by atomic mass is 9.82. The van der Waals surface area contributed by atoms with Crippen molar-refractivity contribution in [1.29, 1.82) is 0 Å². The van der Waals surface area contributed by atoms with Gasteiger partial charge < -0.3 is 15.0 Å². The standard InChI is InChI=1S/C20H32N4O5/c1-2-29-17(26)9-13-23(14-15-6-7-15)12-8-16(25)22-24-18(27)20(21-19(24)28)10-4-3-5-11-20/h15H,2-14H2,1H3,(H,21,28)(H,22,25). The lowest BCUT2D eigenvalue weighted by molar-refractivity contribution is -0.143. The van der Waals surface area contributed by atoms with Crippen LogP contribution in [-0.4, -0.2) is 65.5 Å². The summed E-state index contributed by atoms with van der Waals surface area (Å²) in [6.07, 6.45) is 6.87. The minimum absolute atomic E-state index is 0.152. The molecule has 0 bridgehead atoms. The van der Waals surface area contributed by atoms with E-state index >= 15 is 0 Å². The second-order valence-electron chi connectivity index (χ2n) is 8.30. The van der Waals surface area contributed by atoms with Crippen LogP contribution in [0.3, 0.4) is 0 Å². The Bertz CT molecular complexity index is 643. The molecule has 0 aromatic heterocycles. The van der Waals surface area contributed by atoms with Crippen molar-refractivity contribution in [1.82, 2.24) is 20.7 Å². The highest BCUT2D eigenvalue weighted by Crippen LogP contribution is 2.33. The van der Waals surface area contributed by atoms with E-state index in [2.05, 4.69) is 15.6 Å². The SMILES string of the molecule is CCOC(=O)CCN(CCC(=O)NN1C(=O)NC2(CCCCC2)C1=O)CC1CC1. The summed E-state index contributed by atoms with van der Waals surface area (Å²) in [7, 11) is 0. The molecule has 0 radical (unpaired) electrons. The molecule has 1 aliphatic heterocycles. The smallest absolute Gasteiger partial charge is 0.344 e. The van der Waals surface area contributed by atoms with Gasteiger partial charge in [0.25, 0.3) is 5.91 Å². The van der Waals surface area contributed by atoms with Gasteiger partial charge >= 0.3 is 12.0 Å². The van der Waals surface area contributed by atoms with Gasteiger partial charge in [0.1, 0.15) is 5.54 Å². The third-order valence-corrected chi connectivity index (χ3v) is 5.91. The summed E-state index contributed by atoms with van der Waals surface area (Å²) in [4.78, 5) is 51.1. The Balaban J connectivity index is 1.47. The van der Waals surface area contributed by atoms with Crippen molar-refractivity contribution < 1.29 is 23.9 Å². The topological polar surface area (TPSA) is 108 Å². The number of hydrazine groups is 1. The number of hydrogen-bond donors (Lipinski definition) is 2. The van der Waals surface area contributed by atoms with E-state index in [1.54, 1.807) is 6.92 Å². The van der Waals surface area contributed by atoms with Crippen molar-refractivity contribution in [2.75, 3.05) is 26.2 Å². The molecule has 162 valence electrons. The molecule has 2 N–H and O–H groups in total. The number of urea groups is 1. The van der Waals surface area contributed by atoms with E-state index in [0.717, 1.165) is 30.8 Å². The Hall–Kier alpha value is -2.16. The fraction of sp³-hybridized carbons (Fsp3) is 0.800. The summed E-state index contributed by atoms with van der Waals surface area (Å²) >= 11 is 0. The van der Waals surface area contributed by atoms with E-state index in [1.807, 2.05) is 0 Å². The first-order valence-corrected chi connectivity index (χ1v) is 10.8. The molecule has 1 saturated heterocycles. The molecule has 0 aromatic rings. The fourth-order valence-electron chi connectivity index (χ4n) is 4.10. The minimum atomic E-state index is -0.847. The molecular formula is C20H32N4O5. The summed E-state index contributed by atoms with van der Waals surface area (Å²) in [5.74, 6) is -0.349. The molecular weight excluding hydrogens is 376 g/mol. The van der Waals surface area contributed by atoms with E-state index in [-0.39, 0.29) is 30.6 Å². The molecule has 29 heavy (non-hydrogen) atoms. The van der Waals surface area contributed by atoms with Gasteiger partial charge in [-0.15, -0.1) is 0 Å². The molecule has 3 fully saturated rings. The monoisotopic (exact) mass is 408 g/mol. The molecule has 0 unspecified atom stereocenters. The molecule has 1 spiro atoms. The highest BCUT2D eigenvalue weighted by Gasteiger charge is 2.52. The first-order chi connectivity index (χ1) is 13.9. The van der Waals surface area contributed by atoms with Gasteiger partial charge in [-0.1, -0.05) is 19.3 Å². The number of rotatable bonds is 10. The number of nitrogens with one attached hydrogen (secondary N) is 2. The number of amides is 4. The molecule has 0 aromatic carbocycles. The van der Waals surface area contributed by atoms with Gasteiger partial charge in [-0.05, 0) is 38.5 Å². The summed E-state index contributed by atoms with van der Waals surface area (Å²) in [5.41, 5.74) is 1.63. The van der Waals surface area contributed by atoms with Crippen LogP contribution in [0.15, 0.2) is 0 Å². The summed E-state index contributed by atoms with van der Waals surface area (Å²) in [6.45, 7) is 3.99. The maximum absolute atomic E-state index is 12.7. The first-order valence-electron chi connectivity index (χ1n) is 10.8. The van der Waals surface area contributed by atoms with Crippen molar-refractivity contribution in [2.24, 2.45) is 5.92 Å². The van der Waals surface area contributed by atoms with Crippen LogP contribution in [0.5, 0.6) is 0 Å². The molecule has 0 atom stereocenters. The van der Waals surface area contributed by atoms with E-state index in [4.69, 9.17) is 4.74 Å². The maximum atomic E-state index is 12.7. The number of carbonyl (C=O) groups is 4. The van der Waals surface area contributed by atoms with Crippen molar-refractivity contribution in [2.45, 2.75) is 70.3 Å². The Labute approximate surface area is 171 Å². The average molecular weight is 408 g/mol. The molecule has 9 nitrogen and oxygen atoms in total. The molecule has 2 saturated carbocycles. The highest BCUT2D eigenvalue weighted by molar-refractivity contribution is 6.08. The lowest BCUT2D eigenvalue weighted by Gasteiger charge is -2.30. The predicted octanol–water partition coefficient (Wildman–Crippen LogP) is 1.33. The maximum Gasteiger partial charge on any atom is 0.344 e. The quantitative estimate of drug-likeness (QED) is 0.417. The Morgan fingerprint density at radius 2 is 1.86 bits per heavy atom. The number of esters is 1. The zero-order valence-electron chi connectivity index (χ0n) is 17.2. The van der Waals surface area contributed by atoms with Crippen molar-refractivity contribution in [3.63, 3.8) is 0 Å². The Morgan fingerprint density at radius 1 is 1.17 bits per heavy atom. The second kappa shape index (κ2) is 9.56. The van der Waals surface area contributed by atoms with Crippen LogP contribution < -0.4 is 10.7 Å². The normalized spacial score (nSPS) is 20.8. The zero-order chi connectivity index (χ0) is 20.9. The largest absolute Gasteiger partial charge is 0.466 e. The van der Waals surface area contributed by atoms with E-state index in [1.165, 1.54) is 12.8 Å². The molecule has 4 amide bonds. The first kappa shape index (κ1) is 21.5. The summed E-state index contributed by atoms with van der Waals surface area (Å²) in [5, 5.41) is 3.62. The van der Waals surface area contributed by atoms with Crippen LogP contribution in [0.1, 0.15) is 64.7 Å². The van der Waals surface area contributed by atoms with Crippen molar-refractivity contribution in [3.05, 3.63) is 0 Å². The minimum Gasteiger partial charge on any atom is -0.466 e. The molecule has 1 heterocycles. The van der Waals surface area contributed by atoms with E-state index in [9.17, 15) is 19.2 Å². The van der Waals surface area contributed by atoms with Crippen LogP contribution in [0.2, 0.25) is 0 Å². The lowest BCUT2D eigenvalue weighted by Crippen LogP contribution is -2.51. The van der Waals surface area contributed by atoms with Gasteiger partial charge in [-0.2, -0.15) is 5.01 Å². The Morgan fingerprint density at radius 3 is 2.52 bits per heavy atom. The molecule has 2 aliphatic carbocycles. The average Bonchev–Trinajstić information content (AvgIpc) is 3.49. The van der Waals surface area contributed by atoms with Gasteiger partial charge in [0, 0.05) is 26.1 Å². The van der Waals surface area contributed by atoms with Crippen molar-refractivity contribution in [3.8, 4) is 0 Å². The predicted molar refractivity (Wildman–Crippen MR) is 104 cm³/mol. The Kier molecular flexibility index (Phi) is 7.10. The zero-order valence-corrected chi connectivity index (χ0v) is 17.2. The highest BCUT2D eigenvalue weighted by atomic mass is 16.5. The number of carbonyl (C=O) groups excluding carboxylic acids is 4. The van der Waals surface area contributed by atoms with Gasteiger partial charge in [0.05, 0.1) is 13.0 Å². The van der Waals surface area contributed by atoms with E-state index in [0.29, 0.717) is 38.5 Å². The van der Waals surface area contributed by atoms with Crippen molar-refractivity contribution >= 4 is 23.8 Å². The number of nitrogens with zero attached hydrogens (tertiary/aromatic N) is 2. The number of ether oxygens (including phenoxy) is 1. The van der Waals surface area contributed by atoms with E-state index < -0.39 is 11.6 Å². The van der Waals surface area contributed by atoms with Gasteiger partial charge in [0.15, 0.2) is 0 Å². The molecule has 3 aliphatic rings. The fourth-order valence-corrected chi connectivity index (χ4v) is 4.10. The summed E-state index contributed by atoms with van der Waals surface area (Å²) < 4.78 is 4.97. The van der Waals surface area contributed by atoms with Gasteiger partial charge in [-0.3, -0.25) is 19.8 Å². The molecule has 9 heteroatoms. The third-order valence-electron chi connectivity index (χ3n) is 5.91. The summed E-state index contributed by atoms with van der Waals surface area (Å²) in [6, 6.07) is -0.553. The van der Waals surface area contributed by atoms with Crippen LogP contribution in [0.4, 0.5) is 4.79 Å². The van der Waals surface area contributed by atoms with Gasteiger partial charge in [0.2, 0.25) is 5.91 Å². The van der Waals surface area contributed by atoms with Crippen LogP contribution in [0, 0.1) is 5.92 Å². The number of imide groups is 1. The van der Waals surface area contributed by atoms with Gasteiger partial charge in [-0.25, -0.2) is 4.79 Å². The number of hydrogen-bond acceptors (Lipinski definition) is 6. The second-order valence-corrected chi connectivity index (χ2v) is 8.30. The van der Waals surface area contributed by atoms with Crippen LogP contribution in [-0.2, 0) is 19.1 Å². The van der Waals surface area contributed by atoms with Crippen LogP contribution in [0.25, 0.3) is 0 Å².